The Morgan fingerprint density at radius 2 is 1.84 bits per heavy atom. The van der Waals surface area contributed by atoms with E-state index in [1.165, 1.54) is 0 Å². The number of aliphatic hydroxyl groups is 1. The average molecular weight is 277 g/mol. The third-order valence-electron chi connectivity index (χ3n) is 2.70. The second-order valence-corrected chi connectivity index (χ2v) is 4.36. The summed E-state index contributed by atoms with van der Waals surface area (Å²) in [6.45, 7) is 0.0382. The van der Waals surface area contributed by atoms with Gasteiger partial charge in [0.15, 0.2) is 6.29 Å². The molecule has 0 saturated carbocycles. The second kappa shape index (κ2) is 6.36. The van der Waals surface area contributed by atoms with E-state index in [0.29, 0.717) is 34.8 Å². The molecule has 0 radical (unpaired) electrons. The van der Waals surface area contributed by atoms with Crippen molar-refractivity contribution in [1.29, 1.82) is 0 Å². The lowest BCUT2D eigenvalue weighted by molar-refractivity contribution is 0.112. The Bertz CT molecular complexity index is 581. The van der Waals surface area contributed by atoms with E-state index in [9.17, 15) is 4.79 Å². The highest BCUT2D eigenvalue weighted by Crippen LogP contribution is 2.31. The number of benzene rings is 2. The maximum atomic E-state index is 11.0. The number of para-hydroxylation sites is 1. The average Bonchev–Trinajstić information content (AvgIpc) is 2.41. The van der Waals surface area contributed by atoms with Gasteiger partial charge in [-0.3, -0.25) is 4.79 Å². The Morgan fingerprint density at radius 3 is 2.58 bits per heavy atom. The first-order chi connectivity index (χ1) is 9.26. The Balaban J connectivity index is 2.36. The molecular formula is C15H13ClO3. The summed E-state index contributed by atoms with van der Waals surface area (Å²) in [6.07, 6.45) is 1.17. The van der Waals surface area contributed by atoms with Crippen LogP contribution in [0, 0.1) is 0 Å². The van der Waals surface area contributed by atoms with E-state index in [-0.39, 0.29) is 6.61 Å². The molecule has 0 spiro atoms. The SMILES string of the molecule is O=Cc1c(Cl)cccc1Oc1ccccc1CCO. The topological polar surface area (TPSA) is 46.5 Å². The summed E-state index contributed by atoms with van der Waals surface area (Å²) in [5.41, 5.74) is 1.20. The quantitative estimate of drug-likeness (QED) is 0.851. The standard InChI is InChI=1S/C15H13ClO3/c16-13-5-3-7-15(12(13)10-18)19-14-6-2-1-4-11(14)8-9-17/h1-7,10,17H,8-9H2. The zero-order valence-corrected chi connectivity index (χ0v) is 10.9. The summed E-state index contributed by atoms with van der Waals surface area (Å²) < 4.78 is 5.74. The molecule has 1 N–H and O–H groups in total. The highest BCUT2D eigenvalue weighted by molar-refractivity contribution is 6.33. The monoisotopic (exact) mass is 276 g/mol. The third kappa shape index (κ3) is 3.13. The molecule has 0 atom stereocenters. The van der Waals surface area contributed by atoms with Gasteiger partial charge in [0.2, 0.25) is 0 Å². The molecule has 0 aromatic heterocycles. The van der Waals surface area contributed by atoms with Crippen LogP contribution in [0.4, 0.5) is 0 Å². The number of hydrogen-bond acceptors (Lipinski definition) is 3. The summed E-state index contributed by atoms with van der Waals surface area (Å²) in [6, 6.07) is 12.4. The first-order valence-electron chi connectivity index (χ1n) is 5.86. The largest absolute Gasteiger partial charge is 0.456 e. The maximum Gasteiger partial charge on any atom is 0.155 e. The minimum atomic E-state index is 0.0382. The molecule has 0 amide bonds. The lowest BCUT2D eigenvalue weighted by atomic mass is 10.1. The predicted molar refractivity (Wildman–Crippen MR) is 74.1 cm³/mol. The maximum absolute atomic E-state index is 11.0. The number of rotatable bonds is 5. The van der Waals surface area contributed by atoms with Gasteiger partial charge in [-0.05, 0) is 30.2 Å². The van der Waals surface area contributed by atoms with E-state index in [1.54, 1.807) is 24.3 Å². The van der Waals surface area contributed by atoms with Gasteiger partial charge in [-0.25, -0.2) is 0 Å². The number of halogens is 1. The van der Waals surface area contributed by atoms with E-state index in [0.717, 1.165) is 5.56 Å². The summed E-state index contributed by atoms with van der Waals surface area (Å²) in [5.74, 6) is 1.02. The van der Waals surface area contributed by atoms with Gasteiger partial charge in [-0.15, -0.1) is 0 Å². The first kappa shape index (κ1) is 13.6. The van der Waals surface area contributed by atoms with Crippen LogP contribution in [0.15, 0.2) is 42.5 Å². The van der Waals surface area contributed by atoms with Crippen LogP contribution >= 0.6 is 11.6 Å². The van der Waals surface area contributed by atoms with Crippen molar-refractivity contribution in [3.05, 3.63) is 58.6 Å². The van der Waals surface area contributed by atoms with Crippen molar-refractivity contribution in [2.75, 3.05) is 6.61 Å². The van der Waals surface area contributed by atoms with Gasteiger partial charge in [0.05, 0.1) is 10.6 Å². The van der Waals surface area contributed by atoms with Gasteiger partial charge in [0.1, 0.15) is 11.5 Å². The fraction of sp³-hybridized carbons (Fsp3) is 0.133. The van der Waals surface area contributed by atoms with Crippen molar-refractivity contribution >= 4 is 17.9 Å². The summed E-state index contributed by atoms with van der Waals surface area (Å²) in [4.78, 5) is 11.0. The highest BCUT2D eigenvalue weighted by Gasteiger charge is 2.10. The van der Waals surface area contributed by atoms with Gasteiger partial charge in [-0.2, -0.15) is 0 Å². The van der Waals surface area contributed by atoms with Crippen molar-refractivity contribution in [2.45, 2.75) is 6.42 Å². The number of aliphatic hydroxyl groups excluding tert-OH is 1. The number of carbonyl (C=O) groups excluding carboxylic acids is 1. The van der Waals surface area contributed by atoms with E-state index in [2.05, 4.69) is 0 Å². The molecular weight excluding hydrogens is 264 g/mol. The molecule has 0 aliphatic rings. The minimum absolute atomic E-state index is 0.0382. The van der Waals surface area contributed by atoms with Crippen molar-refractivity contribution in [3.8, 4) is 11.5 Å². The molecule has 0 unspecified atom stereocenters. The molecule has 0 aliphatic heterocycles. The third-order valence-corrected chi connectivity index (χ3v) is 3.03. The van der Waals surface area contributed by atoms with E-state index < -0.39 is 0 Å². The Morgan fingerprint density at radius 1 is 1.11 bits per heavy atom. The molecule has 2 aromatic rings. The van der Waals surface area contributed by atoms with Crippen LogP contribution in [0.2, 0.25) is 5.02 Å². The summed E-state index contributed by atoms with van der Waals surface area (Å²) in [7, 11) is 0. The molecule has 0 heterocycles. The second-order valence-electron chi connectivity index (χ2n) is 3.95. The molecule has 0 saturated heterocycles. The first-order valence-corrected chi connectivity index (χ1v) is 6.24. The van der Waals surface area contributed by atoms with Crippen molar-refractivity contribution < 1.29 is 14.6 Å². The van der Waals surface area contributed by atoms with Crippen LogP contribution in [0.25, 0.3) is 0 Å². The van der Waals surface area contributed by atoms with Crippen LogP contribution in [0.3, 0.4) is 0 Å². The van der Waals surface area contributed by atoms with Gasteiger partial charge in [0.25, 0.3) is 0 Å². The number of hydrogen-bond donors (Lipinski definition) is 1. The molecule has 19 heavy (non-hydrogen) atoms. The normalized spacial score (nSPS) is 10.2. The lowest BCUT2D eigenvalue weighted by Gasteiger charge is -2.12. The van der Waals surface area contributed by atoms with Crippen LogP contribution in [0.5, 0.6) is 11.5 Å². The van der Waals surface area contributed by atoms with E-state index in [4.69, 9.17) is 21.4 Å². The van der Waals surface area contributed by atoms with Gasteiger partial charge in [-0.1, -0.05) is 35.9 Å². The van der Waals surface area contributed by atoms with Gasteiger partial charge >= 0.3 is 0 Å². The van der Waals surface area contributed by atoms with E-state index in [1.807, 2.05) is 18.2 Å². The number of aldehydes is 1. The zero-order chi connectivity index (χ0) is 13.7. The fourth-order valence-electron chi connectivity index (χ4n) is 1.77. The molecule has 2 rings (SSSR count). The minimum Gasteiger partial charge on any atom is -0.456 e. The predicted octanol–water partition coefficient (Wildman–Crippen LogP) is 3.48. The smallest absolute Gasteiger partial charge is 0.155 e. The van der Waals surface area contributed by atoms with Crippen LogP contribution in [0.1, 0.15) is 15.9 Å². The Labute approximate surface area is 116 Å². The van der Waals surface area contributed by atoms with Crippen molar-refractivity contribution in [1.82, 2.24) is 0 Å². The van der Waals surface area contributed by atoms with Crippen molar-refractivity contribution in [2.24, 2.45) is 0 Å². The Kier molecular flexibility index (Phi) is 4.55. The number of carbonyl (C=O) groups is 1. The highest BCUT2D eigenvalue weighted by atomic mass is 35.5. The molecule has 4 heteroatoms. The molecule has 2 aromatic carbocycles. The van der Waals surface area contributed by atoms with Gasteiger partial charge in [0, 0.05) is 6.61 Å². The fourth-order valence-corrected chi connectivity index (χ4v) is 1.98. The summed E-state index contributed by atoms with van der Waals surface area (Å²) >= 11 is 5.95. The van der Waals surface area contributed by atoms with Crippen LogP contribution < -0.4 is 4.74 Å². The zero-order valence-electron chi connectivity index (χ0n) is 10.2. The summed E-state index contributed by atoms with van der Waals surface area (Å²) in [5, 5.41) is 9.38. The van der Waals surface area contributed by atoms with E-state index >= 15 is 0 Å². The molecule has 0 bridgehead atoms. The molecule has 98 valence electrons. The van der Waals surface area contributed by atoms with Crippen LogP contribution in [-0.2, 0) is 6.42 Å². The molecule has 3 nitrogen and oxygen atoms in total. The lowest BCUT2D eigenvalue weighted by Crippen LogP contribution is -1.97. The van der Waals surface area contributed by atoms with Gasteiger partial charge < -0.3 is 9.84 Å². The molecule has 0 aliphatic carbocycles. The number of ether oxygens (including phenoxy) is 1. The molecule has 0 fully saturated rings. The Hall–Kier alpha value is -1.84. The van der Waals surface area contributed by atoms with Crippen LogP contribution in [-0.4, -0.2) is 18.0 Å². The van der Waals surface area contributed by atoms with Crippen molar-refractivity contribution in [3.63, 3.8) is 0 Å².